The van der Waals surface area contributed by atoms with Crippen molar-refractivity contribution in [2.45, 2.75) is 26.4 Å². The highest BCUT2D eigenvalue weighted by Crippen LogP contribution is 2.24. The van der Waals surface area contributed by atoms with Crippen molar-refractivity contribution in [1.82, 2.24) is 10.1 Å². The molecule has 2 heterocycles. The van der Waals surface area contributed by atoms with Crippen LogP contribution < -0.4 is 0 Å². The number of thiophene rings is 1. The molecule has 2 aromatic rings. The van der Waals surface area contributed by atoms with Gasteiger partial charge in [-0.25, -0.2) is 0 Å². The first-order valence-corrected chi connectivity index (χ1v) is 5.65. The van der Waals surface area contributed by atoms with Crippen molar-refractivity contribution >= 4 is 11.3 Å². The van der Waals surface area contributed by atoms with E-state index in [4.69, 9.17) is 4.52 Å². The molecule has 0 bridgehead atoms. The molecule has 80 valence electrons. The lowest BCUT2D eigenvalue weighted by Crippen LogP contribution is -2.04. The molecule has 2 aromatic heterocycles. The normalized spacial score (nSPS) is 13.0. The minimum Gasteiger partial charge on any atom is -0.393 e. The van der Waals surface area contributed by atoms with Gasteiger partial charge in [-0.05, 0) is 24.8 Å². The maximum absolute atomic E-state index is 9.17. The first-order valence-electron chi connectivity index (χ1n) is 4.70. The van der Waals surface area contributed by atoms with Gasteiger partial charge in [0.15, 0.2) is 0 Å². The lowest BCUT2D eigenvalue weighted by atomic mass is 10.2. The van der Waals surface area contributed by atoms with Crippen LogP contribution in [0.2, 0.25) is 0 Å². The number of nitrogens with zero attached hydrogens (tertiary/aromatic N) is 2. The average molecular weight is 224 g/mol. The zero-order chi connectivity index (χ0) is 10.8. The maximum Gasteiger partial charge on any atom is 0.229 e. The Balaban J connectivity index is 2.24. The summed E-state index contributed by atoms with van der Waals surface area (Å²) >= 11 is 1.61. The van der Waals surface area contributed by atoms with Gasteiger partial charge in [0.1, 0.15) is 0 Å². The van der Waals surface area contributed by atoms with Gasteiger partial charge in [0.25, 0.3) is 0 Å². The third-order valence-corrected chi connectivity index (χ3v) is 2.90. The highest BCUT2D eigenvalue weighted by atomic mass is 32.1. The molecule has 0 aliphatic heterocycles. The molecule has 5 heteroatoms. The van der Waals surface area contributed by atoms with Crippen molar-refractivity contribution in [1.29, 1.82) is 0 Å². The summed E-state index contributed by atoms with van der Waals surface area (Å²) in [5.41, 5.74) is 2.14. The fourth-order valence-electron chi connectivity index (χ4n) is 1.29. The molecule has 0 saturated heterocycles. The lowest BCUT2D eigenvalue weighted by Gasteiger charge is -1.95. The fraction of sp³-hybridized carbons (Fsp3) is 0.400. The van der Waals surface area contributed by atoms with Gasteiger partial charge in [-0.2, -0.15) is 16.3 Å². The summed E-state index contributed by atoms with van der Waals surface area (Å²) in [6.45, 7) is 3.70. The quantitative estimate of drug-likeness (QED) is 0.866. The van der Waals surface area contributed by atoms with Crippen LogP contribution in [-0.4, -0.2) is 21.4 Å². The zero-order valence-electron chi connectivity index (χ0n) is 8.60. The molecule has 1 unspecified atom stereocenters. The van der Waals surface area contributed by atoms with Crippen molar-refractivity contribution in [2.24, 2.45) is 0 Å². The van der Waals surface area contributed by atoms with Crippen LogP contribution >= 0.6 is 11.3 Å². The maximum atomic E-state index is 9.17. The minimum atomic E-state index is -0.457. The van der Waals surface area contributed by atoms with E-state index >= 15 is 0 Å². The monoisotopic (exact) mass is 224 g/mol. The summed E-state index contributed by atoms with van der Waals surface area (Å²) in [6.07, 6.45) is -0.0576. The summed E-state index contributed by atoms with van der Waals surface area (Å²) < 4.78 is 5.04. The summed E-state index contributed by atoms with van der Waals surface area (Å²) in [6, 6.07) is 0. The van der Waals surface area contributed by atoms with E-state index in [1.54, 1.807) is 18.3 Å². The number of aliphatic hydroxyl groups is 1. The molecule has 4 nitrogen and oxygen atoms in total. The van der Waals surface area contributed by atoms with Crippen LogP contribution in [0.5, 0.6) is 0 Å². The van der Waals surface area contributed by atoms with Gasteiger partial charge in [0.2, 0.25) is 11.7 Å². The van der Waals surface area contributed by atoms with Crippen LogP contribution in [0.1, 0.15) is 18.4 Å². The second kappa shape index (κ2) is 4.12. The molecule has 0 saturated carbocycles. The van der Waals surface area contributed by atoms with E-state index in [1.165, 1.54) is 0 Å². The number of aryl methyl sites for hydroxylation is 1. The second-order valence-electron chi connectivity index (χ2n) is 3.53. The van der Waals surface area contributed by atoms with E-state index in [-0.39, 0.29) is 0 Å². The van der Waals surface area contributed by atoms with Gasteiger partial charge in [0.05, 0.1) is 12.5 Å². The van der Waals surface area contributed by atoms with Crippen LogP contribution in [0, 0.1) is 6.92 Å². The molecule has 0 spiro atoms. The van der Waals surface area contributed by atoms with Gasteiger partial charge in [-0.1, -0.05) is 5.16 Å². The molecule has 0 radical (unpaired) electrons. The average Bonchev–Trinajstić information content (AvgIpc) is 2.72. The third kappa shape index (κ3) is 2.24. The molecule has 2 rings (SSSR count). The lowest BCUT2D eigenvalue weighted by molar-refractivity contribution is 0.181. The Bertz CT molecular complexity index is 448. The standard InChI is InChI=1S/C10H12N2O2S/c1-6-4-15-5-8(6)10-11-9(14-12-10)3-7(2)13/h4-5,7,13H,3H2,1-2H3. The van der Waals surface area contributed by atoms with Crippen LogP contribution in [0.3, 0.4) is 0 Å². The van der Waals surface area contributed by atoms with Crippen molar-refractivity contribution < 1.29 is 9.63 Å². The van der Waals surface area contributed by atoms with E-state index in [0.717, 1.165) is 11.1 Å². The van der Waals surface area contributed by atoms with E-state index in [0.29, 0.717) is 18.1 Å². The molecular formula is C10H12N2O2S. The summed E-state index contributed by atoms with van der Waals surface area (Å²) in [5.74, 6) is 1.08. The smallest absolute Gasteiger partial charge is 0.229 e. The van der Waals surface area contributed by atoms with Gasteiger partial charge in [0, 0.05) is 10.9 Å². The van der Waals surface area contributed by atoms with Gasteiger partial charge in [-0.3, -0.25) is 0 Å². The Morgan fingerprint density at radius 2 is 2.33 bits per heavy atom. The van der Waals surface area contributed by atoms with E-state index < -0.39 is 6.10 Å². The Labute approximate surface area is 91.6 Å². The van der Waals surface area contributed by atoms with Crippen molar-refractivity contribution in [2.75, 3.05) is 0 Å². The molecular weight excluding hydrogens is 212 g/mol. The number of aliphatic hydroxyl groups excluding tert-OH is 1. The summed E-state index contributed by atoms with van der Waals surface area (Å²) in [4.78, 5) is 4.22. The molecule has 1 atom stereocenters. The van der Waals surface area contributed by atoms with E-state index in [2.05, 4.69) is 10.1 Å². The van der Waals surface area contributed by atoms with Gasteiger partial charge >= 0.3 is 0 Å². The topological polar surface area (TPSA) is 59.2 Å². The fourth-order valence-corrected chi connectivity index (χ4v) is 2.12. The van der Waals surface area contributed by atoms with Gasteiger partial charge < -0.3 is 9.63 Å². The largest absolute Gasteiger partial charge is 0.393 e. The Morgan fingerprint density at radius 1 is 1.53 bits per heavy atom. The second-order valence-corrected chi connectivity index (χ2v) is 4.28. The highest BCUT2D eigenvalue weighted by molar-refractivity contribution is 7.08. The Morgan fingerprint density at radius 3 is 2.93 bits per heavy atom. The number of hydrogen-bond acceptors (Lipinski definition) is 5. The predicted molar refractivity (Wildman–Crippen MR) is 57.7 cm³/mol. The molecule has 0 aliphatic carbocycles. The van der Waals surface area contributed by atoms with Crippen molar-refractivity contribution in [3.63, 3.8) is 0 Å². The number of aromatic nitrogens is 2. The van der Waals surface area contributed by atoms with Crippen LogP contribution in [-0.2, 0) is 6.42 Å². The van der Waals surface area contributed by atoms with E-state index in [9.17, 15) is 5.11 Å². The number of hydrogen-bond donors (Lipinski definition) is 1. The first kappa shape index (κ1) is 10.3. The zero-order valence-corrected chi connectivity index (χ0v) is 9.41. The van der Waals surface area contributed by atoms with Gasteiger partial charge in [-0.15, -0.1) is 0 Å². The molecule has 0 amide bonds. The Kier molecular flexibility index (Phi) is 2.83. The molecule has 0 aliphatic rings. The predicted octanol–water partition coefficient (Wildman–Crippen LogP) is 2.03. The Hall–Kier alpha value is -1.20. The van der Waals surface area contributed by atoms with Crippen LogP contribution in [0.4, 0.5) is 0 Å². The molecule has 1 N–H and O–H groups in total. The third-order valence-electron chi connectivity index (χ3n) is 2.03. The minimum absolute atomic E-state index is 0.399. The van der Waals surface area contributed by atoms with Crippen LogP contribution in [0.25, 0.3) is 11.4 Å². The van der Waals surface area contributed by atoms with Crippen LogP contribution in [0.15, 0.2) is 15.3 Å². The highest BCUT2D eigenvalue weighted by Gasteiger charge is 2.12. The van der Waals surface area contributed by atoms with Crippen molar-refractivity contribution in [3.8, 4) is 11.4 Å². The van der Waals surface area contributed by atoms with E-state index in [1.807, 2.05) is 17.7 Å². The summed E-state index contributed by atoms with van der Waals surface area (Å²) in [7, 11) is 0. The van der Waals surface area contributed by atoms with Crippen molar-refractivity contribution in [3.05, 3.63) is 22.2 Å². The number of rotatable bonds is 3. The molecule has 0 aromatic carbocycles. The molecule has 0 fully saturated rings. The SMILES string of the molecule is Cc1cscc1-c1noc(CC(C)O)n1. The summed E-state index contributed by atoms with van der Waals surface area (Å²) in [5, 5.41) is 17.1. The first-order chi connectivity index (χ1) is 7.16. The molecule has 15 heavy (non-hydrogen) atoms.